The minimum Gasteiger partial charge on any atom is -0.333 e. The lowest BCUT2D eigenvalue weighted by Gasteiger charge is -2.24. The number of anilines is 1. The van der Waals surface area contributed by atoms with Crippen molar-refractivity contribution in [3.63, 3.8) is 0 Å². The maximum atomic E-state index is 12.7. The van der Waals surface area contributed by atoms with Crippen molar-refractivity contribution in [3.05, 3.63) is 64.7 Å². The number of fused-ring (bicyclic) bond motifs is 1. The molecule has 0 N–H and O–H groups in total. The summed E-state index contributed by atoms with van der Waals surface area (Å²) >= 11 is 5.89. The number of hydrogen-bond donors (Lipinski definition) is 0. The highest BCUT2D eigenvalue weighted by atomic mass is 35.5. The van der Waals surface area contributed by atoms with Crippen LogP contribution in [-0.2, 0) is 22.4 Å². The summed E-state index contributed by atoms with van der Waals surface area (Å²) < 4.78 is 0. The Balaban J connectivity index is 1.63. The molecule has 0 unspecified atom stereocenters. The van der Waals surface area contributed by atoms with E-state index in [1.54, 1.807) is 9.80 Å². The van der Waals surface area contributed by atoms with Crippen LogP contribution in [-0.4, -0.2) is 36.3 Å². The number of hydrogen-bond acceptors (Lipinski definition) is 2. The Morgan fingerprint density at radius 1 is 1.12 bits per heavy atom. The van der Waals surface area contributed by atoms with Crippen molar-refractivity contribution in [1.82, 2.24) is 4.90 Å². The highest BCUT2D eigenvalue weighted by Crippen LogP contribution is 2.27. The molecule has 130 valence electrons. The van der Waals surface area contributed by atoms with Crippen LogP contribution in [0.3, 0.4) is 0 Å². The van der Waals surface area contributed by atoms with Gasteiger partial charge in [-0.15, -0.1) is 0 Å². The van der Waals surface area contributed by atoms with Crippen LogP contribution < -0.4 is 4.90 Å². The van der Waals surface area contributed by atoms with Crippen LogP contribution in [0.15, 0.2) is 48.5 Å². The lowest BCUT2D eigenvalue weighted by Crippen LogP contribution is -2.42. The van der Waals surface area contributed by atoms with Gasteiger partial charge in [0.2, 0.25) is 11.8 Å². The third kappa shape index (κ3) is 4.20. The Morgan fingerprint density at radius 3 is 2.56 bits per heavy atom. The minimum absolute atomic E-state index is 0.0312. The molecule has 2 amide bonds. The standard InChI is InChI=1S/C20H21ClN2O2/c1-15(24)22(12-10-16-6-8-18(21)9-7-16)14-20(25)23-13-11-17-4-2-3-5-19(17)23/h2-9H,10-14H2,1H3. The van der Waals surface area contributed by atoms with Crippen LogP contribution in [0.4, 0.5) is 5.69 Å². The van der Waals surface area contributed by atoms with Crippen LogP contribution in [0, 0.1) is 0 Å². The molecule has 1 heterocycles. The molecule has 0 saturated carbocycles. The van der Waals surface area contributed by atoms with Crippen molar-refractivity contribution in [2.45, 2.75) is 19.8 Å². The Hall–Kier alpha value is -2.33. The van der Waals surface area contributed by atoms with E-state index in [4.69, 9.17) is 11.6 Å². The quantitative estimate of drug-likeness (QED) is 0.824. The summed E-state index contributed by atoms with van der Waals surface area (Å²) in [5.41, 5.74) is 3.25. The Kier molecular flexibility index (Phi) is 5.39. The van der Waals surface area contributed by atoms with Crippen molar-refractivity contribution in [2.75, 3.05) is 24.5 Å². The molecule has 0 atom stereocenters. The molecule has 5 heteroatoms. The van der Waals surface area contributed by atoms with Crippen molar-refractivity contribution in [2.24, 2.45) is 0 Å². The summed E-state index contributed by atoms with van der Waals surface area (Å²) in [4.78, 5) is 28.0. The number of carbonyl (C=O) groups excluding carboxylic acids is 2. The zero-order valence-electron chi connectivity index (χ0n) is 14.2. The molecule has 0 radical (unpaired) electrons. The van der Waals surface area contributed by atoms with Crippen LogP contribution in [0.1, 0.15) is 18.1 Å². The monoisotopic (exact) mass is 356 g/mol. The third-order valence-electron chi connectivity index (χ3n) is 4.54. The van der Waals surface area contributed by atoms with Gasteiger partial charge >= 0.3 is 0 Å². The zero-order valence-corrected chi connectivity index (χ0v) is 15.0. The van der Waals surface area contributed by atoms with Crippen molar-refractivity contribution < 1.29 is 9.59 Å². The number of rotatable bonds is 5. The minimum atomic E-state index is -0.0882. The van der Waals surface area contributed by atoms with E-state index in [-0.39, 0.29) is 18.4 Å². The predicted molar refractivity (Wildman–Crippen MR) is 99.9 cm³/mol. The molecule has 0 fully saturated rings. The van der Waals surface area contributed by atoms with Gasteiger partial charge < -0.3 is 9.80 Å². The van der Waals surface area contributed by atoms with E-state index in [1.165, 1.54) is 12.5 Å². The average Bonchev–Trinajstić information content (AvgIpc) is 3.04. The summed E-state index contributed by atoms with van der Waals surface area (Å²) in [5.74, 6) is -0.119. The van der Waals surface area contributed by atoms with E-state index < -0.39 is 0 Å². The molecule has 2 aromatic rings. The molecule has 0 spiro atoms. The van der Waals surface area contributed by atoms with E-state index >= 15 is 0 Å². The van der Waals surface area contributed by atoms with Crippen molar-refractivity contribution in [1.29, 1.82) is 0 Å². The topological polar surface area (TPSA) is 40.6 Å². The first-order valence-corrected chi connectivity index (χ1v) is 8.80. The van der Waals surface area contributed by atoms with E-state index in [9.17, 15) is 9.59 Å². The SMILES string of the molecule is CC(=O)N(CCc1ccc(Cl)cc1)CC(=O)N1CCc2ccccc21. The highest BCUT2D eigenvalue weighted by molar-refractivity contribution is 6.30. The molecule has 1 aliphatic heterocycles. The molecule has 4 nitrogen and oxygen atoms in total. The van der Waals surface area contributed by atoms with Gasteiger partial charge in [0, 0.05) is 30.7 Å². The molecular weight excluding hydrogens is 336 g/mol. The first-order chi connectivity index (χ1) is 12.0. The van der Waals surface area contributed by atoms with Crippen LogP contribution >= 0.6 is 11.6 Å². The van der Waals surface area contributed by atoms with E-state index in [0.29, 0.717) is 24.5 Å². The lowest BCUT2D eigenvalue weighted by molar-refractivity contribution is -0.133. The van der Waals surface area contributed by atoms with Crippen LogP contribution in [0.2, 0.25) is 5.02 Å². The Morgan fingerprint density at radius 2 is 1.84 bits per heavy atom. The lowest BCUT2D eigenvalue weighted by atomic mass is 10.1. The van der Waals surface area contributed by atoms with Crippen LogP contribution in [0.5, 0.6) is 0 Å². The summed E-state index contributed by atoms with van der Waals surface area (Å²) in [7, 11) is 0. The van der Waals surface area contributed by atoms with Gasteiger partial charge in [0.1, 0.15) is 6.54 Å². The average molecular weight is 357 g/mol. The number of carbonyl (C=O) groups is 2. The van der Waals surface area contributed by atoms with Gasteiger partial charge in [0.25, 0.3) is 0 Å². The molecule has 0 aromatic heterocycles. The molecular formula is C20H21ClN2O2. The van der Waals surface area contributed by atoms with Gasteiger partial charge in [0.15, 0.2) is 0 Å². The predicted octanol–water partition coefficient (Wildman–Crippen LogP) is 3.32. The Labute approximate surface area is 153 Å². The zero-order chi connectivity index (χ0) is 17.8. The molecule has 0 bridgehead atoms. The van der Waals surface area contributed by atoms with Crippen molar-refractivity contribution >= 4 is 29.1 Å². The molecule has 3 rings (SSSR count). The van der Waals surface area contributed by atoms with Gasteiger partial charge in [-0.25, -0.2) is 0 Å². The largest absolute Gasteiger partial charge is 0.333 e. The summed E-state index contributed by atoms with van der Waals surface area (Å²) in [6, 6.07) is 15.5. The number of halogens is 1. The molecule has 0 aliphatic carbocycles. The van der Waals surface area contributed by atoms with Gasteiger partial charge in [-0.3, -0.25) is 9.59 Å². The fraction of sp³-hybridized carbons (Fsp3) is 0.300. The summed E-state index contributed by atoms with van der Waals surface area (Å²) in [5, 5.41) is 0.690. The molecule has 25 heavy (non-hydrogen) atoms. The Bertz CT molecular complexity index is 774. The van der Waals surface area contributed by atoms with E-state index in [0.717, 1.165) is 17.7 Å². The fourth-order valence-corrected chi connectivity index (χ4v) is 3.23. The van der Waals surface area contributed by atoms with Gasteiger partial charge in [0.05, 0.1) is 0 Å². The smallest absolute Gasteiger partial charge is 0.246 e. The van der Waals surface area contributed by atoms with Gasteiger partial charge in [-0.2, -0.15) is 0 Å². The molecule has 2 aromatic carbocycles. The number of benzene rings is 2. The summed E-state index contributed by atoms with van der Waals surface area (Å²) in [6.07, 6.45) is 1.56. The summed E-state index contributed by atoms with van der Waals surface area (Å²) in [6.45, 7) is 2.81. The highest BCUT2D eigenvalue weighted by Gasteiger charge is 2.26. The van der Waals surface area contributed by atoms with Crippen molar-refractivity contribution in [3.8, 4) is 0 Å². The first-order valence-electron chi connectivity index (χ1n) is 8.43. The van der Waals surface area contributed by atoms with E-state index in [1.807, 2.05) is 48.5 Å². The maximum Gasteiger partial charge on any atom is 0.246 e. The van der Waals surface area contributed by atoms with Crippen LogP contribution in [0.25, 0.3) is 0 Å². The molecule has 0 saturated heterocycles. The second kappa shape index (κ2) is 7.70. The fourth-order valence-electron chi connectivity index (χ4n) is 3.11. The third-order valence-corrected chi connectivity index (χ3v) is 4.80. The van der Waals surface area contributed by atoms with Gasteiger partial charge in [-0.05, 0) is 42.2 Å². The second-order valence-corrected chi connectivity index (χ2v) is 6.68. The normalized spacial score (nSPS) is 12.8. The first kappa shape index (κ1) is 17.5. The van der Waals surface area contributed by atoms with Gasteiger partial charge in [-0.1, -0.05) is 41.9 Å². The number of amides is 2. The molecule has 1 aliphatic rings. The number of para-hydroxylation sites is 1. The second-order valence-electron chi connectivity index (χ2n) is 6.24. The van der Waals surface area contributed by atoms with E-state index in [2.05, 4.69) is 0 Å². The maximum absolute atomic E-state index is 12.7. The number of nitrogens with zero attached hydrogens (tertiary/aromatic N) is 2.